The first kappa shape index (κ1) is 21.1. The minimum atomic E-state index is -0.240. The standard InChI is InChI=1S/C23H18N6O2S2/c1-15(30)28(17-8-4-2-5-9-17)23-25-16(14-33-23)13-32-22-26-20-19(21(31)27-22)12-24-29(20)18-10-6-3-7-11-18/h2-12,14H,13H2,1H3,(H,26,27,31). The molecule has 0 fully saturated rings. The molecule has 164 valence electrons. The summed E-state index contributed by atoms with van der Waals surface area (Å²) in [7, 11) is 0. The van der Waals surface area contributed by atoms with Crippen molar-refractivity contribution in [1.29, 1.82) is 0 Å². The summed E-state index contributed by atoms with van der Waals surface area (Å²) < 4.78 is 1.65. The summed E-state index contributed by atoms with van der Waals surface area (Å²) in [6.07, 6.45) is 1.52. The van der Waals surface area contributed by atoms with E-state index in [2.05, 4.69) is 20.1 Å². The van der Waals surface area contributed by atoms with Crippen LogP contribution in [0.4, 0.5) is 10.8 Å². The summed E-state index contributed by atoms with van der Waals surface area (Å²) in [6.45, 7) is 1.52. The number of H-pyrrole nitrogens is 1. The molecule has 0 radical (unpaired) electrons. The Morgan fingerprint density at radius 2 is 1.82 bits per heavy atom. The van der Waals surface area contributed by atoms with Crippen molar-refractivity contribution in [3.05, 3.63) is 88.3 Å². The lowest BCUT2D eigenvalue weighted by Crippen LogP contribution is -2.22. The number of hydrogen-bond acceptors (Lipinski definition) is 7. The van der Waals surface area contributed by atoms with Crippen LogP contribution >= 0.6 is 23.1 Å². The normalized spacial score (nSPS) is 11.1. The molecule has 1 N–H and O–H groups in total. The van der Waals surface area contributed by atoms with E-state index in [0.29, 0.717) is 27.1 Å². The Morgan fingerprint density at radius 3 is 2.55 bits per heavy atom. The highest BCUT2D eigenvalue weighted by Gasteiger charge is 2.18. The minimum Gasteiger partial charge on any atom is -0.301 e. The number of nitrogens with zero attached hydrogens (tertiary/aromatic N) is 5. The third-order valence-corrected chi connectivity index (χ3v) is 6.62. The maximum atomic E-state index is 12.6. The molecule has 0 atom stereocenters. The predicted octanol–water partition coefficient (Wildman–Crippen LogP) is 4.54. The number of thioether (sulfide) groups is 1. The predicted molar refractivity (Wildman–Crippen MR) is 130 cm³/mol. The fraction of sp³-hybridized carbons (Fsp3) is 0.0870. The van der Waals surface area contributed by atoms with Crippen LogP contribution < -0.4 is 10.5 Å². The van der Waals surface area contributed by atoms with E-state index in [9.17, 15) is 9.59 Å². The number of para-hydroxylation sites is 2. The highest BCUT2D eigenvalue weighted by Crippen LogP contribution is 2.30. The third kappa shape index (κ3) is 4.30. The van der Waals surface area contributed by atoms with Crippen molar-refractivity contribution in [3.63, 3.8) is 0 Å². The highest BCUT2D eigenvalue weighted by atomic mass is 32.2. The largest absolute Gasteiger partial charge is 0.301 e. The molecule has 3 heterocycles. The molecule has 0 aliphatic carbocycles. The number of aromatic nitrogens is 5. The van der Waals surface area contributed by atoms with Crippen molar-refractivity contribution in [2.45, 2.75) is 17.8 Å². The van der Waals surface area contributed by atoms with Gasteiger partial charge in [0.2, 0.25) is 5.91 Å². The zero-order chi connectivity index (χ0) is 22.8. The first-order chi connectivity index (χ1) is 16.1. The molecule has 0 bridgehead atoms. The van der Waals surface area contributed by atoms with Gasteiger partial charge in [0.15, 0.2) is 15.9 Å². The fourth-order valence-corrected chi connectivity index (χ4v) is 5.08. The van der Waals surface area contributed by atoms with E-state index in [-0.39, 0.29) is 11.5 Å². The smallest absolute Gasteiger partial charge is 0.262 e. The summed E-state index contributed by atoms with van der Waals surface area (Å²) in [5.74, 6) is 0.380. The molecule has 0 aliphatic rings. The van der Waals surface area contributed by atoms with E-state index in [1.54, 1.807) is 9.58 Å². The van der Waals surface area contributed by atoms with Gasteiger partial charge < -0.3 is 4.98 Å². The van der Waals surface area contributed by atoms with Gasteiger partial charge in [0.1, 0.15) is 5.39 Å². The number of fused-ring (bicyclic) bond motifs is 1. The van der Waals surface area contributed by atoms with Gasteiger partial charge in [0, 0.05) is 18.1 Å². The minimum absolute atomic E-state index is 0.111. The molecule has 1 amide bonds. The Hall–Kier alpha value is -3.76. The number of carbonyl (C=O) groups is 1. The lowest BCUT2D eigenvalue weighted by atomic mass is 10.3. The molecule has 5 aromatic rings. The van der Waals surface area contributed by atoms with Crippen LogP contribution in [0.2, 0.25) is 0 Å². The van der Waals surface area contributed by atoms with E-state index in [4.69, 9.17) is 0 Å². The number of benzene rings is 2. The maximum absolute atomic E-state index is 12.6. The first-order valence-electron chi connectivity index (χ1n) is 10.1. The summed E-state index contributed by atoms with van der Waals surface area (Å²) in [4.78, 5) is 38.5. The quantitative estimate of drug-likeness (QED) is 0.287. The lowest BCUT2D eigenvalue weighted by Gasteiger charge is -2.17. The van der Waals surface area contributed by atoms with E-state index in [1.165, 1.54) is 36.2 Å². The average Bonchev–Trinajstić information content (AvgIpc) is 3.46. The van der Waals surface area contributed by atoms with Crippen molar-refractivity contribution in [2.24, 2.45) is 0 Å². The summed E-state index contributed by atoms with van der Waals surface area (Å²) >= 11 is 2.77. The van der Waals surface area contributed by atoms with Gasteiger partial charge in [-0.15, -0.1) is 11.3 Å². The molecular weight excluding hydrogens is 456 g/mol. The van der Waals surface area contributed by atoms with Gasteiger partial charge in [-0.05, 0) is 24.3 Å². The summed E-state index contributed by atoms with van der Waals surface area (Å²) in [5.41, 5.74) is 2.65. The number of aromatic amines is 1. The summed E-state index contributed by atoms with van der Waals surface area (Å²) in [6, 6.07) is 19.0. The second-order valence-corrected chi connectivity index (χ2v) is 8.90. The van der Waals surface area contributed by atoms with Gasteiger partial charge in [-0.3, -0.25) is 14.5 Å². The van der Waals surface area contributed by atoms with E-state index >= 15 is 0 Å². The van der Waals surface area contributed by atoms with E-state index < -0.39 is 0 Å². The number of carbonyl (C=O) groups excluding carboxylic acids is 1. The molecule has 2 aromatic carbocycles. The second-order valence-electron chi connectivity index (χ2n) is 7.10. The molecule has 8 nitrogen and oxygen atoms in total. The maximum Gasteiger partial charge on any atom is 0.262 e. The number of thiazole rings is 1. The Balaban J connectivity index is 1.39. The van der Waals surface area contributed by atoms with Crippen LogP contribution in [0.5, 0.6) is 0 Å². The van der Waals surface area contributed by atoms with Gasteiger partial charge in [-0.1, -0.05) is 48.2 Å². The molecule has 0 spiro atoms. The monoisotopic (exact) mass is 474 g/mol. The van der Waals surface area contributed by atoms with Crippen LogP contribution in [-0.4, -0.2) is 30.6 Å². The Labute approximate surface area is 196 Å². The molecular formula is C23H18N6O2S2. The van der Waals surface area contributed by atoms with Gasteiger partial charge in [0.05, 0.1) is 23.3 Å². The molecule has 0 unspecified atom stereocenters. The SMILES string of the molecule is CC(=O)N(c1ccccc1)c1nc(CSc2nc3c(cnn3-c3ccccc3)c(=O)[nH]2)cs1. The van der Waals surface area contributed by atoms with Crippen LogP contribution in [-0.2, 0) is 10.5 Å². The van der Waals surface area contributed by atoms with E-state index in [1.807, 2.05) is 66.0 Å². The third-order valence-electron chi connectivity index (χ3n) is 4.83. The van der Waals surface area contributed by atoms with Crippen LogP contribution in [0.1, 0.15) is 12.6 Å². The lowest BCUT2D eigenvalue weighted by molar-refractivity contribution is -0.115. The van der Waals surface area contributed by atoms with Gasteiger partial charge in [0.25, 0.3) is 5.56 Å². The van der Waals surface area contributed by atoms with E-state index in [0.717, 1.165) is 17.1 Å². The van der Waals surface area contributed by atoms with Crippen molar-refractivity contribution in [3.8, 4) is 5.69 Å². The Kier molecular flexibility index (Phi) is 5.76. The zero-order valence-electron chi connectivity index (χ0n) is 17.5. The van der Waals surface area contributed by atoms with Crippen LogP contribution in [0.3, 0.4) is 0 Å². The van der Waals surface area contributed by atoms with Gasteiger partial charge in [-0.25, -0.2) is 14.6 Å². The topological polar surface area (TPSA) is 96.8 Å². The Morgan fingerprint density at radius 1 is 1.09 bits per heavy atom. The van der Waals surface area contributed by atoms with Gasteiger partial charge >= 0.3 is 0 Å². The molecule has 33 heavy (non-hydrogen) atoms. The van der Waals surface area contributed by atoms with Crippen molar-refractivity contribution in [1.82, 2.24) is 24.7 Å². The Bertz CT molecular complexity index is 1480. The molecule has 0 saturated carbocycles. The van der Waals surface area contributed by atoms with Crippen molar-refractivity contribution >= 4 is 50.9 Å². The van der Waals surface area contributed by atoms with Crippen molar-refractivity contribution in [2.75, 3.05) is 4.90 Å². The zero-order valence-corrected chi connectivity index (χ0v) is 19.1. The second kappa shape index (κ2) is 9.00. The summed E-state index contributed by atoms with van der Waals surface area (Å²) in [5, 5.41) is 7.75. The van der Waals surface area contributed by atoms with Gasteiger partial charge in [-0.2, -0.15) is 5.10 Å². The number of rotatable bonds is 6. The van der Waals surface area contributed by atoms with Crippen LogP contribution in [0, 0.1) is 0 Å². The molecule has 0 saturated heterocycles. The molecule has 10 heteroatoms. The van der Waals surface area contributed by atoms with Crippen LogP contribution in [0.25, 0.3) is 16.7 Å². The fourth-order valence-electron chi connectivity index (χ4n) is 3.34. The molecule has 3 aromatic heterocycles. The first-order valence-corrected chi connectivity index (χ1v) is 11.9. The number of amides is 1. The molecule has 5 rings (SSSR count). The number of hydrogen-bond donors (Lipinski definition) is 1. The number of anilines is 2. The van der Waals surface area contributed by atoms with Crippen molar-refractivity contribution < 1.29 is 4.79 Å². The molecule has 0 aliphatic heterocycles. The number of nitrogens with one attached hydrogen (secondary N) is 1. The van der Waals surface area contributed by atoms with Crippen LogP contribution in [0.15, 0.2) is 82.2 Å². The average molecular weight is 475 g/mol. The highest BCUT2D eigenvalue weighted by molar-refractivity contribution is 7.98.